The largest absolute Gasteiger partial charge is 0.489 e. The number of hydrogen-bond acceptors (Lipinski definition) is 2. The molecule has 1 atom stereocenters. The number of benzene rings is 2. The first-order chi connectivity index (χ1) is 9.72. The molecule has 0 aromatic heterocycles. The molecule has 2 aromatic rings. The lowest BCUT2D eigenvalue weighted by Gasteiger charge is -2.14. The summed E-state index contributed by atoms with van der Waals surface area (Å²) in [5.74, 6) is 0.597. The smallest absolute Gasteiger partial charge is 0.123 e. The molecular formula is C17H20FNO. The monoisotopic (exact) mass is 273 g/mol. The second-order valence-electron chi connectivity index (χ2n) is 4.73. The minimum atomic E-state index is -0.226. The molecule has 0 bridgehead atoms. The summed E-state index contributed by atoms with van der Waals surface area (Å²) in [5, 5.41) is 3.27. The quantitative estimate of drug-likeness (QED) is 0.856. The molecule has 0 radical (unpaired) electrons. The Hall–Kier alpha value is -1.87. The second kappa shape index (κ2) is 7.06. The summed E-state index contributed by atoms with van der Waals surface area (Å²) < 4.78 is 18.5. The van der Waals surface area contributed by atoms with E-state index in [2.05, 4.69) is 24.4 Å². The Balaban J connectivity index is 1.95. The van der Waals surface area contributed by atoms with Crippen LogP contribution >= 0.6 is 0 Å². The van der Waals surface area contributed by atoms with Crippen molar-refractivity contribution in [2.24, 2.45) is 0 Å². The van der Waals surface area contributed by atoms with Gasteiger partial charge in [-0.1, -0.05) is 31.2 Å². The topological polar surface area (TPSA) is 21.3 Å². The van der Waals surface area contributed by atoms with Gasteiger partial charge in [0, 0.05) is 6.04 Å². The van der Waals surface area contributed by atoms with Crippen molar-refractivity contribution in [3.05, 3.63) is 65.5 Å². The van der Waals surface area contributed by atoms with Crippen LogP contribution in [0.25, 0.3) is 0 Å². The Morgan fingerprint density at radius 1 is 1.05 bits per heavy atom. The van der Waals surface area contributed by atoms with E-state index >= 15 is 0 Å². The molecule has 0 aliphatic carbocycles. The van der Waals surface area contributed by atoms with E-state index in [9.17, 15) is 4.39 Å². The first-order valence-electron chi connectivity index (χ1n) is 6.87. The molecule has 0 fully saturated rings. The molecule has 0 aliphatic rings. The van der Waals surface area contributed by atoms with Crippen molar-refractivity contribution in [1.29, 1.82) is 0 Å². The third-order valence-electron chi connectivity index (χ3n) is 3.36. The molecule has 0 aliphatic heterocycles. The van der Waals surface area contributed by atoms with Crippen LogP contribution < -0.4 is 10.1 Å². The number of nitrogens with one attached hydrogen (secondary N) is 1. The fourth-order valence-electron chi connectivity index (χ4n) is 2.15. The maximum Gasteiger partial charge on any atom is 0.123 e. The summed E-state index contributed by atoms with van der Waals surface area (Å²) in [6.07, 6.45) is 1.05. The van der Waals surface area contributed by atoms with Gasteiger partial charge in [-0.3, -0.25) is 0 Å². The summed E-state index contributed by atoms with van der Waals surface area (Å²) in [7, 11) is 1.97. The molecule has 0 saturated carbocycles. The lowest BCUT2D eigenvalue weighted by atomic mass is 10.0. The van der Waals surface area contributed by atoms with Crippen LogP contribution in [0.15, 0.2) is 48.5 Å². The number of halogens is 1. The van der Waals surface area contributed by atoms with Crippen LogP contribution in [0.2, 0.25) is 0 Å². The normalized spacial score (nSPS) is 12.2. The van der Waals surface area contributed by atoms with Crippen molar-refractivity contribution < 1.29 is 9.13 Å². The van der Waals surface area contributed by atoms with Crippen LogP contribution in [-0.2, 0) is 6.61 Å². The van der Waals surface area contributed by atoms with Gasteiger partial charge in [0.1, 0.15) is 18.2 Å². The van der Waals surface area contributed by atoms with Gasteiger partial charge in [0.05, 0.1) is 0 Å². The maximum absolute atomic E-state index is 12.8. The molecule has 1 unspecified atom stereocenters. The van der Waals surface area contributed by atoms with Crippen molar-refractivity contribution >= 4 is 0 Å². The van der Waals surface area contributed by atoms with Crippen LogP contribution in [-0.4, -0.2) is 7.05 Å². The highest BCUT2D eigenvalue weighted by molar-refractivity contribution is 5.29. The lowest BCUT2D eigenvalue weighted by molar-refractivity contribution is 0.306. The van der Waals surface area contributed by atoms with Crippen LogP contribution in [0.1, 0.15) is 30.5 Å². The summed E-state index contributed by atoms with van der Waals surface area (Å²) >= 11 is 0. The molecule has 0 amide bonds. The third-order valence-corrected chi connectivity index (χ3v) is 3.36. The van der Waals surface area contributed by atoms with Gasteiger partial charge in [-0.05, 0) is 48.9 Å². The van der Waals surface area contributed by atoms with Crippen LogP contribution in [0.3, 0.4) is 0 Å². The first kappa shape index (κ1) is 14.5. The van der Waals surface area contributed by atoms with Crippen molar-refractivity contribution in [3.63, 3.8) is 0 Å². The number of ether oxygens (including phenoxy) is 1. The zero-order valence-corrected chi connectivity index (χ0v) is 11.9. The van der Waals surface area contributed by atoms with Gasteiger partial charge in [0.2, 0.25) is 0 Å². The van der Waals surface area contributed by atoms with Crippen molar-refractivity contribution in [2.45, 2.75) is 26.0 Å². The summed E-state index contributed by atoms with van der Waals surface area (Å²) in [4.78, 5) is 0. The average molecular weight is 273 g/mol. The SMILES string of the molecule is CCC(NC)c1ccc(OCc2ccc(F)cc2)cc1. The van der Waals surface area contributed by atoms with Crippen LogP contribution in [0.5, 0.6) is 5.75 Å². The van der Waals surface area contributed by atoms with Crippen LogP contribution in [0.4, 0.5) is 4.39 Å². The van der Waals surface area contributed by atoms with Gasteiger partial charge in [0.25, 0.3) is 0 Å². The first-order valence-corrected chi connectivity index (χ1v) is 6.87. The highest BCUT2D eigenvalue weighted by atomic mass is 19.1. The zero-order chi connectivity index (χ0) is 14.4. The molecule has 2 rings (SSSR count). The van der Waals surface area contributed by atoms with E-state index in [1.54, 1.807) is 12.1 Å². The van der Waals surface area contributed by atoms with Gasteiger partial charge < -0.3 is 10.1 Å². The van der Waals surface area contributed by atoms with E-state index in [-0.39, 0.29) is 5.82 Å². The van der Waals surface area contributed by atoms with Gasteiger partial charge in [-0.2, -0.15) is 0 Å². The standard InChI is InChI=1S/C17H20FNO/c1-3-17(19-2)14-6-10-16(11-7-14)20-12-13-4-8-15(18)9-5-13/h4-11,17,19H,3,12H2,1-2H3. The van der Waals surface area contributed by atoms with Crippen molar-refractivity contribution in [2.75, 3.05) is 7.05 Å². The van der Waals surface area contributed by atoms with Gasteiger partial charge in [-0.25, -0.2) is 4.39 Å². The Bertz CT molecular complexity index is 518. The van der Waals surface area contributed by atoms with E-state index in [4.69, 9.17) is 4.74 Å². The molecule has 3 heteroatoms. The third kappa shape index (κ3) is 3.81. The maximum atomic E-state index is 12.8. The Labute approximate surface area is 119 Å². The predicted molar refractivity (Wildman–Crippen MR) is 79.3 cm³/mol. The predicted octanol–water partition coefficient (Wildman–Crippen LogP) is 4.08. The lowest BCUT2D eigenvalue weighted by Crippen LogP contribution is -2.14. The van der Waals surface area contributed by atoms with E-state index in [0.717, 1.165) is 17.7 Å². The summed E-state index contributed by atoms with van der Waals surface area (Å²) in [5.41, 5.74) is 2.21. The Morgan fingerprint density at radius 3 is 2.25 bits per heavy atom. The van der Waals surface area contributed by atoms with E-state index in [1.165, 1.54) is 17.7 Å². The minimum Gasteiger partial charge on any atom is -0.489 e. The summed E-state index contributed by atoms with van der Waals surface area (Å²) in [6.45, 7) is 2.60. The molecule has 0 heterocycles. The molecule has 20 heavy (non-hydrogen) atoms. The molecule has 0 spiro atoms. The fraction of sp³-hybridized carbons (Fsp3) is 0.294. The Kier molecular flexibility index (Phi) is 5.13. The van der Waals surface area contributed by atoms with E-state index in [0.29, 0.717) is 12.6 Å². The van der Waals surface area contributed by atoms with Crippen molar-refractivity contribution in [1.82, 2.24) is 5.32 Å². The molecule has 0 saturated heterocycles. The van der Waals surface area contributed by atoms with Gasteiger partial charge in [-0.15, -0.1) is 0 Å². The molecule has 1 N–H and O–H groups in total. The highest BCUT2D eigenvalue weighted by Crippen LogP contribution is 2.20. The number of rotatable bonds is 6. The Morgan fingerprint density at radius 2 is 1.70 bits per heavy atom. The molecule has 2 nitrogen and oxygen atoms in total. The fourth-order valence-corrected chi connectivity index (χ4v) is 2.15. The van der Waals surface area contributed by atoms with Crippen LogP contribution in [0, 0.1) is 5.82 Å². The zero-order valence-electron chi connectivity index (χ0n) is 11.9. The van der Waals surface area contributed by atoms with Gasteiger partial charge >= 0.3 is 0 Å². The molecular weight excluding hydrogens is 253 g/mol. The second-order valence-corrected chi connectivity index (χ2v) is 4.73. The number of hydrogen-bond donors (Lipinski definition) is 1. The van der Waals surface area contributed by atoms with Gasteiger partial charge in [0.15, 0.2) is 0 Å². The highest BCUT2D eigenvalue weighted by Gasteiger charge is 2.06. The van der Waals surface area contributed by atoms with Crippen molar-refractivity contribution in [3.8, 4) is 5.75 Å². The summed E-state index contributed by atoms with van der Waals surface area (Å²) in [6, 6.07) is 14.8. The molecule has 106 valence electrons. The minimum absolute atomic E-state index is 0.226. The molecule has 2 aromatic carbocycles. The average Bonchev–Trinajstić information content (AvgIpc) is 2.49. The van der Waals surface area contributed by atoms with E-state index < -0.39 is 0 Å². The van der Waals surface area contributed by atoms with E-state index in [1.807, 2.05) is 19.2 Å².